The molecule has 1 aliphatic rings. The van der Waals surface area contributed by atoms with Gasteiger partial charge in [0.1, 0.15) is 0 Å². The van der Waals surface area contributed by atoms with E-state index in [1.54, 1.807) is 0 Å². The van der Waals surface area contributed by atoms with Crippen molar-refractivity contribution in [1.82, 2.24) is 10.2 Å². The van der Waals surface area contributed by atoms with Crippen LogP contribution in [0.15, 0.2) is 0 Å². The number of aromatic nitrogens is 2. The van der Waals surface area contributed by atoms with Gasteiger partial charge < -0.3 is 5.32 Å². The standard InChI is InChI=1S/C11H19N3/c1-3-7-12-11-9-6-4-5-8(2)10(9)13-14-11/h8H,3-7H2,1-2H3,(H2,12,13,14). The van der Waals surface area contributed by atoms with Crippen molar-refractivity contribution in [2.75, 3.05) is 11.9 Å². The van der Waals surface area contributed by atoms with Crippen molar-refractivity contribution in [3.63, 3.8) is 0 Å². The summed E-state index contributed by atoms with van der Waals surface area (Å²) in [6, 6.07) is 0. The molecule has 1 aromatic rings. The van der Waals surface area contributed by atoms with E-state index in [0.29, 0.717) is 5.92 Å². The first kappa shape index (κ1) is 9.56. The topological polar surface area (TPSA) is 40.7 Å². The molecule has 1 unspecified atom stereocenters. The minimum atomic E-state index is 0.656. The summed E-state index contributed by atoms with van der Waals surface area (Å²) in [5.41, 5.74) is 2.78. The molecule has 0 spiro atoms. The van der Waals surface area contributed by atoms with E-state index >= 15 is 0 Å². The number of aromatic amines is 1. The lowest BCUT2D eigenvalue weighted by Gasteiger charge is -2.18. The van der Waals surface area contributed by atoms with Gasteiger partial charge in [0.15, 0.2) is 5.82 Å². The maximum Gasteiger partial charge on any atom is 0.151 e. The number of H-pyrrole nitrogens is 1. The predicted molar refractivity (Wildman–Crippen MR) is 58.7 cm³/mol. The highest BCUT2D eigenvalue weighted by molar-refractivity contribution is 5.48. The molecule has 0 saturated carbocycles. The van der Waals surface area contributed by atoms with Gasteiger partial charge in [0, 0.05) is 17.8 Å². The predicted octanol–water partition coefficient (Wildman–Crippen LogP) is 2.67. The monoisotopic (exact) mass is 193 g/mol. The van der Waals surface area contributed by atoms with Gasteiger partial charge in [0.05, 0.1) is 0 Å². The second-order valence-corrected chi connectivity index (χ2v) is 4.18. The van der Waals surface area contributed by atoms with E-state index in [4.69, 9.17) is 0 Å². The zero-order valence-electron chi connectivity index (χ0n) is 9.06. The van der Waals surface area contributed by atoms with Crippen molar-refractivity contribution in [2.24, 2.45) is 0 Å². The number of anilines is 1. The summed E-state index contributed by atoms with van der Waals surface area (Å²) < 4.78 is 0. The number of nitrogens with one attached hydrogen (secondary N) is 2. The van der Waals surface area contributed by atoms with Crippen LogP contribution >= 0.6 is 0 Å². The molecule has 2 rings (SSSR count). The zero-order chi connectivity index (χ0) is 9.97. The third kappa shape index (κ3) is 1.63. The molecule has 0 bridgehead atoms. The molecule has 0 radical (unpaired) electrons. The van der Waals surface area contributed by atoms with Gasteiger partial charge in [-0.25, -0.2) is 0 Å². The number of fused-ring (bicyclic) bond motifs is 1. The van der Waals surface area contributed by atoms with E-state index in [-0.39, 0.29) is 0 Å². The molecule has 0 saturated heterocycles. The fourth-order valence-corrected chi connectivity index (χ4v) is 2.16. The summed E-state index contributed by atoms with van der Waals surface area (Å²) in [6.45, 7) is 5.47. The van der Waals surface area contributed by atoms with Gasteiger partial charge in [-0.15, -0.1) is 0 Å². The van der Waals surface area contributed by atoms with E-state index in [9.17, 15) is 0 Å². The summed E-state index contributed by atoms with van der Waals surface area (Å²) in [5.74, 6) is 1.75. The van der Waals surface area contributed by atoms with E-state index < -0.39 is 0 Å². The molecule has 1 atom stereocenters. The largest absolute Gasteiger partial charge is 0.368 e. The normalized spacial score (nSPS) is 20.6. The van der Waals surface area contributed by atoms with E-state index in [2.05, 4.69) is 29.4 Å². The second-order valence-electron chi connectivity index (χ2n) is 4.18. The average Bonchev–Trinajstić information content (AvgIpc) is 2.60. The second kappa shape index (κ2) is 4.03. The van der Waals surface area contributed by atoms with Crippen LogP contribution < -0.4 is 5.32 Å². The van der Waals surface area contributed by atoms with Gasteiger partial charge in [-0.3, -0.25) is 5.10 Å². The molecule has 1 aliphatic carbocycles. The summed E-state index contributed by atoms with van der Waals surface area (Å²) in [5, 5.41) is 10.9. The third-order valence-electron chi connectivity index (χ3n) is 3.00. The SMILES string of the molecule is CCCNc1n[nH]c2c1CCCC2C. The van der Waals surface area contributed by atoms with Crippen LogP contribution in [0.3, 0.4) is 0 Å². The Morgan fingerprint density at radius 2 is 2.43 bits per heavy atom. The summed E-state index contributed by atoms with van der Waals surface area (Å²) in [4.78, 5) is 0. The lowest BCUT2D eigenvalue weighted by Crippen LogP contribution is -2.08. The molecule has 2 N–H and O–H groups in total. The van der Waals surface area contributed by atoms with E-state index in [1.807, 2.05) is 0 Å². The van der Waals surface area contributed by atoms with Crippen molar-refractivity contribution in [1.29, 1.82) is 0 Å². The molecule has 78 valence electrons. The van der Waals surface area contributed by atoms with E-state index in [0.717, 1.165) is 18.8 Å². The Morgan fingerprint density at radius 1 is 1.57 bits per heavy atom. The Morgan fingerprint density at radius 3 is 3.21 bits per heavy atom. The Balaban J connectivity index is 2.18. The number of nitrogens with zero attached hydrogens (tertiary/aromatic N) is 1. The van der Waals surface area contributed by atoms with Gasteiger partial charge in [-0.1, -0.05) is 13.8 Å². The zero-order valence-corrected chi connectivity index (χ0v) is 9.06. The molecular formula is C11H19N3. The summed E-state index contributed by atoms with van der Waals surface area (Å²) >= 11 is 0. The quantitative estimate of drug-likeness (QED) is 0.774. The van der Waals surface area contributed by atoms with Crippen LogP contribution in [-0.4, -0.2) is 16.7 Å². The van der Waals surface area contributed by atoms with Crippen molar-refractivity contribution < 1.29 is 0 Å². The Kier molecular flexibility index (Phi) is 2.75. The fourth-order valence-electron chi connectivity index (χ4n) is 2.16. The van der Waals surface area contributed by atoms with Gasteiger partial charge >= 0.3 is 0 Å². The van der Waals surface area contributed by atoms with Crippen LogP contribution in [0, 0.1) is 0 Å². The maximum absolute atomic E-state index is 4.35. The maximum atomic E-state index is 4.35. The van der Waals surface area contributed by atoms with Gasteiger partial charge in [-0.05, 0) is 31.6 Å². The first-order valence-corrected chi connectivity index (χ1v) is 5.64. The first-order chi connectivity index (χ1) is 6.83. The molecule has 3 nitrogen and oxygen atoms in total. The minimum Gasteiger partial charge on any atom is -0.368 e. The Labute approximate surface area is 85.3 Å². The Bertz CT molecular complexity index is 303. The van der Waals surface area contributed by atoms with Gasteiger partial charge in [0.2, 0.25) is 0 Å². The van der Waals surface area contributed by atoms with Crippen molar-refractivity contribution in [3.05, 3.63) is 11.3 Å². The van der Waals surface area contributed by atoms with Crippen LogP contribution in [-0.2, 0) is 6.42 Å². The summed E-state index contributed by atoms with van der Waals surface area (Å²) in [6.07, 6.45) is 4.93. The fraction of sp³-hybridized carbons (Fsp3) is 0.727. The number of rotatable bonds is 3. The lowest BCUT2D eigenvalue weighted by molar-refractivity contribution is 0.578. The third-order valence-corrected chi connectivity index (χ3v) is 3.00. The average molecular weight is 193 g/mol. The molecular weight excluding hydrogens is 174 g/mol. The van der Waals surface area contributed by atoms with Gasteiger partial charge in [0.25, 0.3) is 0 Å². The van der Waals surface area contributed by atoms with Crippen LogP contribution in [0.1, 0.15) is 50.3 Å². The molecule has 0 amide bonds. The molecule has 1 heterocycles. The minimum absolute atomic E-state index is 0.656. The van der Waals surface area contributed by atoms with Gasteiger partial charge in [-0.2, -0.15) is 5.10 Å². The molecule has 0 aliphatic heterocycles. The molecule has 0 fully saturated rings. The van der Waals surface area contributed by atoms with Crippen LogP contribution in [0.4, 0.5) is 5.82 Å². The van der Waals surface area contributed by atoms with Crippen LogP contribution in [0.2, 0.25) is 0 Å². The van der Waals surface area contributed by atoms with Crippen LogP contribution in [0.25, 0.3) is 0 Å². The lowest BCUT2D eigenvalue weighted by atomic mass is 9.89. The van der Waals surface area contributed by atoms with Crippen molar-refractivity contribution >= 4 is 5.82 Å². The number of hydrogen-bond donors (Lipinski definition) is 2. The Hall–Kier alpha value is -0.990. The smallest absolute Gasteiger partial charge is 0.151 e. The van der Waals surface area contributed by atoms with Crippen LogP contribution in [0.5, 0.6) is 0 Å². The first-order valence-electron chi connectivity index (χ1n) is 5.64. The van der Waals surface area contributed by atoms with Crippen molar-refractivity contribution in [3.8, 4) is 0 Å². The van der Waals surface area contributed by atoms with Crippen molar-refractivity contribution in [2.45, 2.75) is 45.4 Å². The summed E-state index contributed by atoms with van der Waals surface area (Å²) in [7, 11) is 0. The molecule has 3 heteroatoms. The molecule has 1 aromatic heterocycles. The molecule has 0 aromatic carbocycles. The molecule has 14 heavy (non-hydrogen) atoms. The number of hydrogen-bond acceptors (Lipinski definition) is 2. The highest BCUT2D eigenvalue weighted by Crippen LogP contribution is 2.33. The highest BCUT2D eigenvalue weighted by Gasteiger charge is 2.21. The van der Waals surface area contributed by atoms with E-state index in [1.165, 1.54) is 30.5 Å². The highest BCUT2D eigenvalue weighted by atomic mass is 15.2.